The molecule has 0 aliphatic carbocycles. The van der Waals surface area contributed by atoms with Gasteiger partial charge in [-0.25, -0.2) is 0 Å². The molecule has 0 saturated carbocycles. The van der Waals surface area contributed by atoms with E-state index in [2.05, 4.69) is 11.4 Å². The first kappa shape index (κ1) is 21.7. The maximum atomic E-state index is 12.7. The standard InChI is InChI=1S/C21H35NO3/c1-10-24-20(6,7)16-12-15(18(23)22-19(3,4)5)13-17(14-16)21(8,9)25-11-2/h12-14H,10-11H2,1-9H3,(H,22,23). The highest BCUT2D eigenvalue weighted by molar-refractivity contribution is 5.95. The Morgan fingerprint density at radius 1 is 0.840 bits per heavy atom. The Morgan fingerprint density at radius 2 is 1.24 bits per heavy atom. The smallest absolute Gasteiger partial charge is 0.251 e. The highest BCUT2D eigenvalue weighted by Crippen LogP contribution is 2.32. The molecule has 0 aliphatic rings. The summed E-state index contributed by atoms with van der Waals surface area (Å²) < 4.78 is 11.8. The van der Waals surface area contributed by atoms with Crippen molar-refractivity contribution >= 4 is 5.91 Å². The van der Waals surface area contributed by atoms with Crippen LogP contribution in [0.2, 0.25) is 0 Å². The summed E-state index contributed by atoms with van der Waals surface area (Å²) in [6.07, 6.45) is 0. The largest absolute Gasteiger partial charge is 0.371 e. The molecule has 0 heterocycles. The van der Waals surface area contributed by atoms with Gasteiger partial charge in [-0.2, -0.15) is 0 Å². The van der Waals surface area contributed by atoms with E-state index in [9.17, 15) is 4.79 Å². The number of benzene rings is 1. The van der Waals surface area contributed by atoms with Crippen LogP contribution in [0.15, 0.2) is 18.2 Å². The second-order valence-electron chi connectivity index (χ2n) is 8.39. The molecule has 0 bridgehead atoms. The third-order valence-corrected chi connectivity index (χ3v) is 4.08. The predicted molar refractivity (Wildman–Crippen MR) is 103 cm³/mol. The first-order chi connectivity index (χ1) is 11.3. The number of ether oxygens (including phenoxy) is 2. The number of carbonyl (C=O) groups excluding carboxylic acids is 1. The van der Waals surface area contributed by atoms with E-state index < -0.39 is 11.2 Å². The Kier molecular flexibility index (Phi) is 6.82. The monoisotopic (exact) mass is 349 g/mol. The van der Waals surface area contributed by atoms with Crippen molar-refractivity contribution in [2.24, 2.45) is 0 Å². The molecule has 4 nitrogen and oxygen atoms in total. The van der Waals surface area contributed by atoms with Gasteiger partial charge in [0.25, 0.3) is 5.91 Å². The molecule has 1 amide bonds. The van der Waals surface area contributed by atoms with Crippen LogP contribution in [0.25, 0.3) is 0 Å². The van der Waals surface area contributed by atoms with Gasteiger partial charge in [-0.05, 0) is 85.6 Å². The van der Waals surface area contributed by atoms with Crippen LogP contribution >= 0.6 is 0 Å². The topological polar surface area (TPSA) is 47.6 Å². The van der Waals surface area contributed by atoms with E-state index in [1.54, 1.807) is 0 Å². The van der Waals surface area contributed by atoms with Crippen LogP contribution in [-0.4, -0.2) is 24.7 Å². The fraction of sp³-hybridized carbons (Fsp3) is 0.667. The van der Waals surface area contributed by atoms with Gasteiger partial charge >= 0.3 is 0 Å². The van der Waals surface area contributed by atoms with Gasteiger partial charge < -0.3 is 14.8 Å². The zero-order valence-corrected chi connectivity index (χ0v) is 17.4. The molecule has 0 saturated heterocycles. The molecule has 0 aliphatic heterocycles. The molecule has 1 aromatic rings. The summed E-state index contributed by atoms with van der Waals surface area (Å²) in [6, 6.07) is 5.92. The van der Waals surface area contributed by atoms with E-state index >= 15 is 0 Å². The summed E-state index contributed by atoms with van der Waals surface area (Å²) in [5, 5.41) is 3.04. The molecule has 142 valence electrons. The average molecular weight is 350 g/mol. The van der Waals surface area contributed by atoms with E-state index in [4.69, 9.17) is 9.47 Å². The number of amides is 1. The van der Waals surface area contributed by atoms with Crippen LogP contribution in [0, 0.1) is 0 Å². The molecule has 1 aromatic carbocycles. The van der Waals surface area contributed by atoms with E-state index in [0.29, 0.717) is 18.8 Å². The summed E-state index contributed by atoms with van der Waals surface area (Å²) >= 11 is 0. The quantitative estimate of drug-likeness (QED) is 0.772. The molecule has 1 rings (SSSR count). The van der Waals surface area contributed by atoms with Gasteiger partial charge in [-0.15, -0.1) is 0 Å². The normalized spacial score (nSPS) is 13.0. The summed E-state index contributed by atoms with van der Waals surface area (Å²) in [5.41, 5.74) is 1.31. The van der Waals surface area contributed by atoms with Crippen LogP contribution < -0.4 is 5.32 Å². The predicted octanol–water partition coefficient (Wildman–Crippen LogP) is 4.76. The minimum atomic E-state index is -0.482. The molecule has 0 fully saturated rings. The van der Waals surface area contributed by atoms with Crippen molar-refractivity contribution in [3.8, 4) is 0 Å². The summed E-state index contributed by atoms with van der Waals surface area (Å²) in [7, 11) is 0. The molecule has 4 heteroatoms. The first-order valence-corrected chi connectivity index (χ1v) is 9.09. The minimum absolute atomic E-state index is 0.0878. The molecule has 1 N–H and O–H groups in total. The summed E-state index contributed by atoms with van der Waals surface area (Å²) in [4.78, 5) is 12.7. The summed E-state index contributed by atoms with van der Waals surface area (Å²) in [5.74, 6) is -0.0878. The van der Waals surface area contributed by atoms with Crippen molar-refractivity contribution in [1.29, 1.82) is 0 Å². The molecule has 0 spiro atoms. The van der Waals surface area contributed by atoms with Gasteiger partial charge in [-0.3, -0.25) is 4.79 Å². The number of hydrogen-bond acceptors (Lipinski definition) is 3. The SMILES string of the molecule is CCOC(C)(C)c1cc(C(=O)NC(C)(C)C)cc(C(C)(C)OCC)c1. The second kappa shape index (κ2) is 7.88. The van der Waals surface area contributed by atoms with Crippen molar-refractivity contribution in [2.75, 3.05) is 13.2 Å². The highest BCUT2D eigenvalue weighted by atomic mass is 16.5. The Morgan fingerprint density at radius 3 is 1.56 bits per heavy atom. The van der Waals surface area contributed by atoms with Gasteiger partial charge in [0.05, 0.1) is 11.2 Å². The lowest BCUT2D eigenvalue weighted by atomic mass is 9.88. The van der Waals surface area contributed by atoms with Crippen LogP contribution in [0.3, 0.4) is 0 Å². The fourth-order valence-corrected chi connectivity index (χ4v) is 2.76. The lowest BCUT2D eigenvalue weighted by Crippen LogP contribution is -2.41. The Labute approximate surface area is 153 Å². The van der Waals surface area contributed by atoms with E-state index in [1.165, 1.54) is 0 Å². The number of nitrogens with one attached hydrogen (secondary N) is 1. The minimum Gasteiger partial charge on any atom is -0.371 e. The summed E-state index contributed by atoms with van der Waals surface area (Å²) in [6.45, 7) is 19.2. The molecule has 0 unspecified atom stereocenters. The van der Waals surface area contributed by atoms with Gasteiger partial charge in [0.15, 0.2) is 0 Å². The molecule has 0 atom stereocenters. The van der Waals surface area contributed by atoms with E-state index in [1.807, 2.05) is 74.4 Å². The highest BCUT2D eigenvalue weighted by Gasteiger charge is 2.28. The van der Waals surface area contributed by atoms with Gasteiger partial charge in [0.1, 0.15) is 0 Å². The third kappa shape index (κ3) is 6.12. The molecule has 0 aromatic heterocycles. The number of rotatable bonds is 7. The zero-order chi connectivity index (χ0) is 19.5. The molecular weight excluding hydrogens is 314 g/mol. The Balaban J connectivity index is 3.44. The molecule has 0 radical (unpaired) electrons. The van der Waals surface area contributed by atoms with Crippen molar-refractivity contribution in [3.05, 3.63) is 34.9 Å². The van der Waals surface area contributed by atoms with Gasteiger partial charge in [0, 0.05) is 24.3 Å². The van der Waals surface area contributed by atoms with Gasteiger partial charge in [-0.1, -0.05) is 6.07 Å². The van der Waals surface area contributed by atoms with Crippen molar-refractivity contribution in [3.63, 3.8) is 0 Å². The number of hydrogen-bond donors (Lipinski definition) is 1. The van der Waals surface area contributed by atoms with Crippen LogP contribution in [0.5, 0.6) is 0 Å². The van der Waals surface area contributed by atoms with Crippen LogP contribution in [-0.2, 0) is 20.7 Å². The molecular formula is C21H35NO3. The van der Waals surface area contributed by atoms with Crippen molar-refractivity contribution < 1.29 is 14.3 Å². The van der Waals surface area contributed by atoms with Crippen molar-refractivity contribution in [1.82, 2.24) is 5.32 Å². The van der Waals surface area contributed by atoms with Crippen LogP contribution in [0.1, 0.15) is 83.8 Å². The number of carbonyl (C=O) groups is 1. The molecule has 25 heavy (non-hydrogen) atoms. The Hall–Kier alpha value is -1.39. The third-order valence-electron chi connectivity index (χ3n) is 4.08. The van der Waals surface area contributed by atoms with E-state index in [0.717, 1.165) is 11.1 Å². The lowest BCUT2D eigenvalue weighted by Gasteiger charge is -2.31. The second-order valence-corrected chi connectivity index (χ2v) is 8.39. The Bertz CT molecular complexity index is 561. The fourth-order valence-electron chi connectivity index (χ4n) is 2.76. The zero-order valence-electron chi connectivity index (χ0n) is 17.4. The van der Waals surface area contributed by atoms with Crippen molar-refractivity contribution in [2.45, 2.75) is 79.1 Å². The van der Waals surface area contributed by atoms with Gasteiger partial charge in [0.2, 0.25) is 0 Å². The lowest BCUT2D eigenvalue weighted by molar-refractivity contribution is -0.0191. The maximum absolute atomic E-state index is 12.7. The average Bonchev–Trinajstić information content (AvgIpc) is 2.45. The first-order valence-electron chi connectivity index (χ1n) is 9.09. The van der Waals surface area contributed by atoms with E-state index in [-0.39, 0.29) is 11.4 Å². The maximum Gasteiger partial charge on any atom is 0.251 e. The van der Waals surface area contributed by atoms with Crippen LogP contribution in [0.4, 0.5) is 0 Å².